The van der Waals surface area contributed by atoms with Crippen molar-refractivity contribution >= 4 is 46.9 Å². The Morgan fingerprint density at radius 3 is 2.31 bits per heavy atom. The second-order valence-electron chi connectivity index (χ2n) is 20.1. The number of hydrogen-bond donors (Lipinski definition) is 1. The molecule has 1 spiro atoms. The van der Waals surface area contributed by atoms with Crippen molar-refractivity contribution < 1.29 is 23.9 Å². The van der Waals surface area contributed by atoms with Crippen molar-refractivity contribution in [1.82, 2.24) is 30.0 Å². The first-order valence-electron chi connectivity index (χ1n) is 23.9. The summed E-state index contributed by atoms with van der Waals surface area (Å²) < 4.78 is 6.17. The topological polar surface area (TPSA) is 155 Å². The van der Waals surface area contributed by atoms with E-state index in [4.69, 9.17) is 21.3 Å². The normalized spacial score (nSPS) is 21.9. The van der Waals surface area contributed by atoms with E-state index in [0.717, 1.165) is 124 Å². The average molecular weight is 925 g/mol. The average Bonchev–Trinajstić information content (AvgIpc) is 3.59. The van der Waals surface area contributed by atoms with Crippen LogP contribution in [0.2, 0.25) is 5.02 Å². The zero-order valence-corrected chi connectivity index (χ0v) is 39.1. The van der Waals surface area contributed by atoms with Crippen molar-refractivity contribution in [3.8, 4) is 11.8 Å². The first-order valence-corrected chi connectivity index (χ1v) is 24.3. The van der Waals surface area contributed by atoms with E-state index in [1.807, 2.05) is 48.7 Å². The number of nitriles is 1. The molecule has 7 heterocycles. The van der Waals surface area contributed by atoms with Crippen molar-refractivity contribution in [3.63, 3.8) is 0 Å². The van der Waals surface area contributed by atoms with Crippen LogP contribution in [0.25, 0.3) is 0 Å². The summed E-state index contributed by atoms with van der Waals surface area (Å²) in [5.41, 5.74) is 4.91. The molecule has 0 radical (unpaired) electrons. The van der Waals surface area contributed by atoms with Gasteiger partial charge in [-0.3, -0.25) is 29.4 Å². The van der Waals surface area contributed by atoms with Crippen LogP contribution in [-0.4, -0.2) is 119 Å². The minimum absolute atomic E-state index is 0.104. The number of anilines is 2. The minimum atomic E-state index is -0.964. The molecule has 10 rings (SSSR count). The lowest BCUT2D eigenvalue weighted by Crippen LogP contribution is -2.61. The molecule has 3 aromatic carbocycles. The number of carbonyl (C=O) groups is 4. The Morgan fingerprint density at radius 2 is 1.60 bits per heavy atom. The Labute approximate surface area is 397 Å². The Kier molecular flexibility index (Phi) is 12.3. The molecular weight excluding hydrogens is 866 g/mol. The van der Waals surface area contributed by atoms with Gasteiger partial charge in [-0.05, 0) is 129 Å². The summed E-state index contributed by atoms with van der Waals surface area (Å²) in [6.07, 6.45) is 8.84. The molecule has 4 aromatic rings. The fourth-order valence-electron chi connectivity index (χ4n) is 11.6. The summed E-state index contributed by atoms with van der Waals surface area (Å²) in [7, 11) is 0. The van der Waals surface area contributed by atoms with Crippen molar-refractivity contribution in [2.75, 3.05) is 68.7 Å². The molecule has 0 aliphatic carbocycles. The zero-order chi connectivity index (χ0) is 46.5. The predicted molar refractivity (Wildman–Crippen MR) is 254 cm³/mol. The van der Waals surface area contributed by atoms with Crippen LogP contribution < -0.4 is 19.9 Å². The Balaban J connectivity index is 0.645. The van der Waals surface area contributed by atoms with E-state index in [-0.39, 0.29) is 24.2 Å². The standard InChI is InChI=1S/C52H58ClN9O5/c1-51(2,37-26-35(29-54)27-38(53)28-37)36-6-8-41(9-7-36)67-31-39-12-19-55-50(56-39)61-22-15-40(16-23-61)59-20-13-34(14-21-59)30-58-32-52(33-58)17-24-60(25-18-52)43-5-3-4-42-46(43)49(66)62(48(42)65)44-10-11-45(63)57-47(44)64/h3-9,12,19,26-28,34,40,44H,10-11,13-18,20-25,30-33H2,1-2H3,(H,57,63,64). The largest absolute Gasteiger partial charge is 0.487 e. The molecule has 1 N–H and O–H groups in total. The molecule has 0 bridgehead atoms. The van der Waals surface area contributed by atoms with Gasteiger partial charge in [-0.1, -0.05) is 43.6 Å². The van der Waals surface area contributed by atoms with Gasteiger partial charge in [0.25, 0.3) is 11.8 Å². The van der Waals surface area contributed by atoms with Gasteiger partial charge < -0.3 is 24.3 Å². The van der Waals surface area contributed by atoms with Crippen molar-refractivity contribution in [3.05, 3.63) is 111 Å². The van der Waals surface area contributed by atoms with Crippen LogP contribution in [0.4, 0.5) is 11.6 Å². The number of halogens is 1. The monoisotopic (exact) mass is 923 g/mol. The van der Waals surface area contributed by atoms with Gasteiger partial charge in [-0.2, -0.15) is 5.26 Å². The maximum Gasteiger partial charge on any atom is 0.264 e. The fraction of sp³-hybridized carbons (Fsp3) is 0.481. The highest BCUT2D eigenvalue weighted by Crippen LogP contribution is 2.44. The first-order chi connectivity index (χ1) is 32.4. The highest BCUT2D eigenvalue weighted by molar-refractivity contribution is 6.30. The van der Waals surface area contributed by atoms with E-state index >= 15 is 0 Å². The van der Waals surface area contributed by atoms with E-state index in [1.165, 1.54) is 12.8 Å². The number of fused-ring (bicyclic) bond motifs is 1. The van der Waals surface area contributed by atoms with Crippen molar-refractivity contribution in [2.45, 2.75) is 89.3 Å². The summed E-state index contributed by atoms with van der Waals surface area (Å²) in [6.45, 7) is 13.8. The number of nitrogens with one attached hydrogen (secondary N) is 1. The van der Waals surface area contributed by atoms with Gasteiger partial charge >= 0.3 is 0 Å². The number of hydrogen-bond acceptors (Lipinski definition) is 12. The van der Waals surface area contributed by atoms with Crippen LogP contribution in [0.3, 0.4) is 0 Å². The van der Waals surface area contributed by atoms with Gasteiger partial charge in [0, 0.05) is 74.9 Å². The number of aromatic nitrogens is 2. The zero-order valence-electron chi connectivity index (χ0n) is 38.4. The maximum absolute atomic E-state index is 13.7. The van der Waals surface area contributed by atoms with Gasteiger partial charge in [0.15, 0.2) is 0 Å². The number of imide groups is 2. The van der Waals surface area contributed by atoms with Crippen LogP contribution >= 0.6 is 11.6 Å². The van der Waals surface area contributed by atoms with Crippen molar-refractivity contribution in [2.24, 2.45) is 11.3 Å². The molecule has 1 aromatic heterocycles. The molecule has 6 aliphatic rings. The number of ether oxygens (including phenoxy) is 1. The lowest BCUT2D eigenvalue weighted by Gasteiger charge is -2.55. The highest BCUT2D eigenvalue weighted by atomic mass is 35.5. The van der Waals surface area contributed by atoms with Crippen molar-refractivity contribution in [1.29, 1.82) is 5.26 Å². The van der Waals surface area contributed by atoms with Gasteiger partial charge in [0.2, 0.25) is 17.8 Å². The minimum Gasteiger partial charge on any atom is -0.487 e. The van der Waals surface area contributed by atoms with Gasteiger partial charge in [0.1, 0.15) is 18.4 Å². The summed E-state index contributed by atoms with van der Waals surface area (Å²) in [6, 6.07) is 22.7. The smallest absolute Gasteiger partial charge is 0.264 e. The number of carbonyl (C=O) groups excluding carboxylic acids is 4. The lowest BCUT2D eigenvalue weighted by atomic mass is 9.71. The molecule has 67 heavy (non-hydrogen) atoms. The molecule has 4 amide bonds. The first kappa shape index (κ1) is 44.9. The molecular formula is C52H58ClN9O5. The van der Waals surface area contributed by atoms with Crippen LogP contribution in [0.15, 0.2) is 72.9 Å². The molecule has 14 nitrogen and oxygen atoms in total. The number of benzene rings is 3. The fourth-order valence-corrected chi connectivity index (χ4v) is 11.8. The SMILES string of the molecule is CC(C)(c1ccc(OCc2ccnc(N3CCC(N4CCC(CN5CC6(CCN(c7cccc8c7C(=O)N(C7CCC(=O)NC7=O)C8=O)CC6)C5)CC4)CC3)n2)cc1)c1cc(Cl)cc(C#N)c1. The second kappa shape index (κ2) is 18.3. The number of rotatable bonds is 11. The molecule has 0 saturated carbocycles. The third-order valence-electron chi connectivity index (χ3n) is 15.6. The summed E-state index contributed by atoms with van der Waals surface area (Å²) in [5.74, 6) is 0.378. The predicted octanol–water partition coefficient (Wildman–Crippen LogP) is 6.59. The summed E-state index contributed by atoms with van der Waals surface area (Å²) >= 11 is 6.32. The Bertz CT molecular complexity index is 2600. The van der Waals surface area contributed by atoms with Gasteiger partial charge in [0.05, 0.1) is 34.1 Å². The lowest BCUT2D eigenvalue weighted by molar-refractivity contribution is -0.136. The van der Waals surface area contributed by atoms with Crippen LogP contribution in [0, 0.1) is 22.7 Å². The number of likely N-dealkylation sites (tertiary alicyclic amines) is 2. The third kappa shape index (κ3) is 9.01. The van der Waals surface area contributed by atoms with E-state index in [1.54, 1.807) is 12.1 Å². The molecule has 348 valence electrons. The molecule has 1 atom stereocenters. The van der Waals surface area contributed by atoms with Crippen LogP contribution in [-0.2, 0) is 21.6 Å². The third-order valence-corrected chi connectivity index (χ3v) is 15.8. The van der Waals surface area contributed by atoms with E-state index in [2.05, 4.69) is 61.9 Å². The number of nitrogens with zero attached hydrogens (tertiary/aromatic N) is 8. The van der Waals surface area contributed by atoms with E-state index < -0.39 is 23.8 Å². The molecule has 5 saturated heterocycles. The Hall–Kier alpha value is -5.88. The van der Waals surface area contributed by atoms with Gasteiger partial charge in [-0.25, -0.2) is 9.97 Å². The maximum atomic E-state index is 13.7. The number of piperidine rings is 4. The van der Waals surface area contributed by atoms with E-state index in [0.29, 0.717) is 45.7 Å². The highest BCUT2D eigenvalue weighted by Gasteiger charge is 2.49. The van der Waals surface area contributed by atoms with Crippen LogP contribution in [0.5, 0.6) is 5.75 Å². The molecule has 1 unspecified atom stereocenters. The second-order valence-corrected chi connectivity index (χ2v) is 20.6. The molecule has 15 heteroatoms. The van der Waals surface area contributed by atoms with Crippen LogP contribution in [0.1, 0.15) is 108 Å². The number of amides is 4. The quantitative estimate of drug-likeness (QED) is 0.162. The summed E-state index contributed by atoms with van der Waals surface area (Å²) in [4.78, 5) is 72.0. The van der Waals surface area contributed by atoms with Gasteiger partial charge in [-0.15, -0.1) is 0 Å². The Morgan fingerprint density at radius 1 is 0.851 bits per heavy atom. The van der Waals surface area contributed by atoms with E-state index in [9.17, 15) is 24.4 Å². The molecule has 6 aliphatic heterocycles. The molecule has 5 fully saturated rings. The summed E-state index contributed by atoms with van der Waals surface area (Å²) in [5, 5.41) is 12.3.